The van der Waals surface area contributed by atoms with Crippen molar-refractivity contribution >= 4 is 35.1 Å². The van der Waals surface area contributed by atoms with E-state index in [1.165, 1.54) is 17.8 Å². The molecule has 1 amide bonds. The van der Waals surface area contributed by atoms with E-state index >= 15 is 0 Å². The molecule has 2 rings (SSSR count). The number of hydrogen-bond donors (Lipinski definition) is 1. The normalized spacial score (nSPS) is 10.6. The number of anilines is 1. The number of para-hydroxylation sites is 1. The van der Waals surface area contributed by atoms with Crippen molar-refractivity contribution < 1.29 is 4.79 Å². The fourth-order valence-electron chi connectivity index (χ4n) is 1.97. The molecule has 0 aliphatic rings. The number of carbonyl (C=O) groups is 1. The highest BCUT2D eigenvalue weighted by atomic mass is 32.2. The van der Waals surface area contributed by atoms with Crippen LogP contribution in [0, 0.1) is 0 Å². The van der Waals surface area contributed by atoms with Crippen molar-refractivity contribution in [1.82, 2.24) is 9.97 Å². The molecule has 1 N–H and O–H groups in total. The Morgan fingerprint density at radius 3 is 2.75 bits per heavy atom. The lowest BCUT2D eigenvalue weighted by atomic mass is 10.3. The first-order valence-corrected chi connectivity index (χ1v) is 9.86. The second-order valence-corrected chi connectivity index (χ2v) is 7.24. The molecule has 0 spiro atoms. The molecule has 128 valence electrons. The average molecular weight is 364 g/mol. The molecular formula is C17H21N3O2S2. The summed E-state index contributed by atoms with van der Waals surface area (Å²) in [6.45, 7) is 2.12. The van der Waals surface area contributed by atoms with Gasteiger partial charge in [-0.1, -0.05) is 36.9 Å². The van der Waals surface area contributed by atoms with Crippen molar-refractivity contribution in [2.75, 3.05) is 23.5 Å². The van der Waals surface area contributed by atoms with E-state index in [4.69, 9.17) is 0 Å². The Morgan fingerprint density at radius 2 is 2.04 bits per heavy atom. The standard InChI is InChI=1S/C17H21N3O2S2/c1-3-9-23-11-13-10-15(21)19-17(18-13)24-12-16(22)20(2)14-7-5-4-6-8-14/h4-8,10H,3,9,11-12H2,1-2H3,(H,18,19,21). The first-order valence-electron chi connectivity index (χ1n) is 7.72. The monoisotopic (exact) mass is 363 g/mol. The summed E-state index contributed by atoms with van der Waals surface area (Å²) in [6.07, 6.45) is 1.09. The first kappa shape index (κ1) is 18.6. The van der Waals surface area contributed by atoms with E-state index in [9.17, 15) is 9.59 Å². The van der Waals surface area contributed by atoms with E-state index in [0.717, 1.165) is 23.6 Å². The molecular weight excluding hydrogens is 342 g/mol. The van der Waals surface area contributed by atoms with Crippen LogP contribution >= 0.6 is 23.5 Å². The minimum absolute atomic E-state index is 0.0420. The van der Waals surface area contributed by atoms with E-state index in [2.05, 4.69) is 16.9 Å². The van der Waals surface area contributed by atoms with Crippen molar-refractivity contribution in [2.45, 2.75) is 24.3 Å². The summed E-state index contributed by atoms with van der Waals surface area (Å²) in [5, 5.41) is 0.490. The lowest BCUT2D eigenvalue weighted by Gasteiger charge is -2.16. The Balaban J connectivity index is 1.96. The van der Waals surface area contributed by atoms with Crippen LogP contribution in [0.2, 0.25) is 0 Å². The molecule has 5 nitrogen and oxygen atoms in total. The van der Waals surface area contributed by atoms with Crippen molar-refractivity contribution in [2.24, 2.45) is 0 Å². The topological polar surface area (TPSA) is 66.1 Å². The maximum absolute atomic E-state index is 12.3. The minimum Gasteiger partial charge on any atom is -0.315 e. The Kier molecular flexibility index (Phi) is 7.39. The number of hydrogen-bond acceptors (Lipinski definition) is 5. The first-order chi connectivity index (χ1) is 11.6. The maximum Gasteiger partial charge on any atom is 0.251 e. The van der Waals surface area contributed by atoms with Crippen molar-refractivity contribution in [3.63, 3.8) is 0 Å². The number of nitrogens with one attached hydrogen (secondary N) is 1. The maximum atomic E-state index is 12.3. The molecule has 0 saturated carbocycles. The fourth-order valence-corrected chi connectivity index (χ4v) is 3.57. The lowest BCUT2D eigenvalue weighted by molar-refractivity contribution is -0.115. The predicted molar refractivity (Wildman–Crippen MR) is 102 cm³/mol. The molecule has 0 radical (unpaired) electrons. The van der Waals surface area contributed by atoms with Crippen LogP contribution in [0.3, 0.4) is 0 Å². The Morgan fingerprint density at radius 1 is 1.29 bits per heavy atom. The number of rotatable bonds is 8. The van der Waals surface area contributed by atoms with Crippen molar-refractivity contribution in [3.8, 4) is 0 Å². The number of aromatic nitrogens is 2. The zero-order chi connectivity index (χ0) is 17.4. The van der Waals surface area contributed by atoms with Gasteiger partial charge in [-0.3, -0.25) is 9.59 Å². The highest BCUT2D eigenvalue weighted by Gasteiger charge is 2.12. The molecule has 7 heteroatoms. The van der Waals surface area contributed by atoms with Gasteiger partial charge in [0.25, 0.3) is 5.56 Å². The second-order valence-electron chi connectivity index (χ2n) is 5.17. The Labute approximate surface area is 150 Å². The van der Waals surface area contributed by atoms with E-state index in [0.29, 0.717) is 10.9 Å². The van der Waals surface area contributed by atoms with E-state index in [1.54, 1.807) is 23.7 Å². The summed E-state index contributed by atoms with van der Waals surface area (Å²) in [5.41, 5.74) is 1.42. The molecule has 0 saturated heterocycles. The van der Waals surface area contributed by atoms with Crippen LogP contribution in [-0.4, -0.2) is 34.4 Å². The summed E-state index contributed by atoms with van der Waals surface area (Å²) in [6, 6.07) is 11.0. The van der Waals surface area contributed by atoms with Gasteiger partial charge in [0.05, 0.1) is 11.4 Å². The summed E-state index contributed by atoms with van der Waals surface area (Å²) in [4.78, 5) is 32.7. The number of benzene rings is 1. The largest absolute Gasteiger partial charge is 0.315 e. The van der Waals surface area contributed by atoms with Crippen molar-refractivity contribution in [3.05, 3.63) is 52.4 Å². The molecule has 2 aromatic rings. The smallest absolute Gasteiger partial charge is 0.251 e. The van der Waals surface area contributed by atoms with Gasteiger partial charge in [0.1, 0.15) is 0 Å². The molecule has 0 aliphatic carbocycles. The van der Waals surface area contributed by atoms with Gasteiger partial charge >= 0.3 is 0 Å². The minimum atomic E-state index is -0.177. The average Bonchev–Trinajstić information content (AvgIpc) is 2.59. The summed E-state index contributed by atoms with van der Waals surface area (Å²) < 4.78 is 0. The van der Waals surface area contributed by atoms with Crippen LogP contribution < -0.4 is 10.5 Å². The van der Waals surface area contributed by atoms with Gasteiger partial charge in [-0.15, -0.1) is 0 Å². The summed E-state index contributed by atoms with van der Waals surface area (Å²) >= 11 is 3.00. The molecule has 0 unspecified atom stereocenters. The third kappa shape index (κ3) is 5.72. The molecule has 24 heavy (non-hydrogen) atoms. The fraction of sp³-hybridized carbons (Fsp3) is 0.353. The highest BCUT2D eigenvalue weighted by molar-refractivity contribution is 7.99. The third-order valence-corrected chi connectivity index (χ3v) is 5.28. The Hall–Kier alpha value is -1.73. The van der Waals surface area contributed by atoms with Gasteiger partial charge in [0, 0.05) is 24.6 Å². The van der Waals surface area contributed by atoms with E-state index < -0.39 is 0 Å². The number of H-pyrrole nitrogens is 1. The Bertz CT molecular complexity index is 719. The van der Waals surface area contributed by atoms with Gasteiger partial charge in [0.15, 0.2) is 5.16 Å². The molecule has 0 aliphatic heterocycles. The molecule has 0 bridgehead atoms. The number of aromatic amines is 1. The number of thioether (sulfide) groups is 2. The number of carbonyl (C=O) groups excluding carboxylic acids is 1. The zero-order valence-corrected chi connectivity index (χ0v) is 15.5. The van der Waals surface area contributed by atoms with Crippen LogP contribution in [0.4, 0.5) is 5.69 Å². The van der Waals surface area contributed by atoms with Crippen LogP contribution in [0.5, 0.6) is 0 Å². The van der Waals surface area contributed by atoms with Gasteiger partial charge < -0.3 is 9.88 Å². The SMILES string of the molecule is CCCSCc1cc(=O)[nH]c(SCC(=O)N(C)c2ccccc2)n1. The van der Waals surface area contributed by atoms with E-state index in [1.807, 2.05) is 30.3 Å². The molecule has 1 aromatic carbocycles. The van der Waals surface area contributed by atoms with E-state index in [-0.39, 0.29) is 17.2 Å². The van der Waals surface area contributed by atoms with Gasteiger partial charge in [-0.2, -0.15) is 11.8 Å². The lowest BCUT2D eigenvalue weighted by Crippen LogP contribution is -2.28. The number of nitrogens with zero attached hydrogens (tertiary/aromatic N) is 2. The quantitative estimate of drug-likeness (QED) is 0.443. The molecule has 0 atom stereocenters. The van der Waals surface area contributed by atoms with Gasteiger partial charge in [0.2, 0.25) is 5.91 Å². The van der Waals surface area contributed by atoms with Crippen LogP contribution in [0.1, 0.15) is 19.0 Å². The van der Waals surface area contributed by atoms with Crippen LogP contribution in [0.25, 0.3) is 0 Å². The highest BCUT2D eigenvalue weighted by Crippen LogP contribution is 2.17. The zero-order valence-electron chi connectivity index (χ0n) is 13.8. The second kappa shape index (κ2) is 9.54. The van der Waals surface area contributed by atoms with Crippen molar-refractivity contribution in [1.29, 1.82) is 0 Å². The molecule has 1 aromatic heterocycles. The van der Waals surface area contributed by atoms with Crippen LogP contribution in [-0.2, 0) is 10.5 Å². The summed E-state index contributed by atoms with van der Waals surface area (Å²) in [7, 11) is 1.74. The van der Waals surface area contributed by atoms with Gasteiger partial charge in [-0.25, -0.2) is 4.98 Å². The number of amides is 1. The van der Waals surface area contributed by atoms with Crippen LogP contribution in [0.15, 0.2) is 46.3 Å². The van der Waals surface area contributed by atoms with Gasteiger partial charge in [-0.05, 0) is 24.3 Å². The third-order valence-electron chi connectivity index (χ3n) is 3.22. The molecule has 1 heterocycles. The summed E-state index contributed by atoms with van der Waals surface area (Å²) in [5.74, 6) is 1.93. The molecule has 0 fully saturated rings. The predicted octanol–water partition coefficient (Wildman–Crippen LogP) is 3.17.